The second kappa shape index (κ2) is 8.09. The van der Waals surface area contributed by atoms with E-state index in [1.165, 1.54) is 6.07 Å². The molecule has 1 aliphatic heterocycles. The summed E-state index contributed by atoms with van der Waals surface area (Å²) >= 11 is 0. The van der Waals surface area contributed by atoms with Gasteiger partial charge in [-0.1, -0.05) is 0 Å². The Bertz CT molecular complexity index is 723. The number of ether oxygens (including phenoxy) is 2. The van der Waals surface area contributed by atoms with Gasteiger partial charge in [0, 0.05) is 31.5 Å². The maximum atomic E-state index is 12.7. The van der Waals surface area contributed by atoms with Crippen LogP contribution in [0.25, 0.3) is 4.85 Å². The Balaban J connectivity index is 1.82. The summed E-state index contributed by atoms with van der Waals surface area (Å²) in [5.41, 5.74) is -0.112. The number of rotatable bonds is 7. The van der Waals surface area contributed by atoms with E-state index in [2.05, 4.69) is 9.58 Å². The van der Waals surface area contributed by atoms with Crippen molar-refractivity contribution in [3.63, 3.8) is 0 Å². The van der Waals surface area contributed by atoms with Crippen LogP contribution in [0.3, 0.4) is 0 Å². The quantitative estimate of drug-likeness (QED) is 0.734. The molecule has 0 radical (unpaired) electrons. The van der Waals surface area contributed by atoms with Gasteiger partial charge in [-0.05, 0) is 37.5 Å². The van der Waals surface area contributed by atoms with Crippen LogP contribution in [0, 0.1) is 6.57 Å². The Morgan fingerprint density at radius 1 is 1.33 bits per heavy atom. The summed E-state index contributed by atoms with van der Waals surface area (Å²) in [7, 11) is 0. The van der Waals surface area contributed by atoms with Crippen molar-refractivity contribution in [2.24, 2.45) is 0 Å². The van der Waals surface area contributed by atoms with E-state index in [0.29, 0.717) is 31.5 Å². The van der Waals surface area contributed by atoms with Crippen molar-refractivity contribution in [3.8, 4) is 11.5 Å². The molecule has 0 atom stereocenters. The van der Waals surface area contributed by atoms with Crippen molar-refractivity contribution in [1.29, 1.82) is 0 Å². The van der Waals surface area contributed by atoms with Crippen LogP contribution in [0.15, 0.2) is 18.2 Å². The fourth-order valence-corrected chi connectivity index (χ4v) is 3.49. The first-order valence-corrected chi connectivity index (χ1v) is 9.00. The number of carboxylic acid groups (broad SMARTS) is 1. The second-order valence-corrected chi connectivity index (χ2v) is 7.02. The summed E-state index contributed by atoms with van der Waals surface area (Å²) < 4.78 is 35.8. The predicted molar refractivity (Wildman–Crippen MR) is 92.9 cm³/mol. The van der Waals surface area contributed by atoms with E-state index in [4.69, 9.17) is 16.4 Å². The summed E-state index contributed by atoms with van der Waals surface area (Å²) in [5, 5.41) is 8.93. The zero-order chi connectivity index (χ0) is 19.4. The van der Waals surface area contributed by atoms with Gasteiger partial charge in [0.25, 0.3) is 5.54 Å². The summed E-state index contributed by atoms with van der Waals surface area (Å²) in [6.45, 7) is 5.69. The molecule has 0 spiro atoms. The van der Waals surface area contributed by atoms with Gasteiger partial charge in [-0.25, -0.2) is 6.57 Å². The lowest BCUT2D eigenvalue weighted by atomic mass is 9.81. The summed E-state index contributed by atoms with van der Waals surface area (Å²) in [6, 6.07) is 4.71. The number of benzene rings is 1. The first-order valence-electron chi connectivity index (χ1n) is 9.00. The van der Waals surface area contributed by atoms with Crippen molar-refractivity contribution >= 4 is 5.97 Å². The Labute approximate surface area is 156 Å². The number of nitrogens with zero attached hydrogens (tertiary/aromatic N) is 2. The molecule has 1 aromatic carbocycles. The molecule has 0 amide bonds. The zero-order valence-corrected chi connectivity index (χ0v) is 14.9. The molecule has 2 fully saturated rings. The lowest BCUT2D eigenvalue weighted by molar-refractivity contribution is -0.138. The Morgan fingerprint density at radius 3 is 2.56 bits per heavy atom. The fraction of sp³-hybridized carbons (Fsp3) is 0.579. The van der Waals surface area contributed by atoms with Gasteiger partial charge in [0.15, 0.2) is 11.5 Å². The molecule has 3 rings (SSSR count). The molecule has 0 bridgehead atoms. The van der Waals surface area contributed by atoms with Gasteiger partial charge in [0.2, 0.25) is 0 Å². The van der Waals surface area contributed by atoms with E-state index in [9.17, 15) is 13.6 Å². The van der Waals surface area contributed by atoms with Gasteiger partial charge in [-0.3, -0.25) is 9.69 Å². The minimum Gasteiger partial charge on any atom is -0.487 e. The van der Waals surface area contributed by atoms with Crippen molar-refractivity contribution in [3.05, 3.63) is 35.2 Å². The minimum absolute atomic E-state index is 0.0124. The maximum absolute atomic E-state index is 12.7. The van der Waals surface area contributed by atoms with Crippen LogP contribution in [0.5, 0.6) is 11.5 Å². The lowest BCUT2D eigenvalue weighted by Crippen LogP contribution is -2.43. The van der Waals surface area contributed by atoms with Crippen molar-refractivity contribution in [1.82, 2.24) is 4.90 Å². The van der Waals surface area contributed by atoms with Crippen LogP contribution >= 0.6 is 0 Å². The monoisotopic (exact) mass is 380 g/mol. The molecule has 1 saturated carbocycles. The second-order valence-electron chi connectivity index (χ2n) is 7.02. The largest absolute Gasteiger partial charge is 0.487 e. The van der Waals surface area contributed by atoms with Crippen LogP contribution in [-0.2, 0) is 10.3 Å². The number of hydrogen-bond acceptors (Lipinski definition) is 4. The number of carboxylic acids is 1. The van der Waals surface area contributed by atoms with Gasteiger partial charge in [0.1, 0.15) is 0 Å². The number of halogens is 2. The molecule has 2 aliphatic rings. The van der Waals surface area contributed by atoms with Crippen molar-refractivity contribution < 1.29 is 28.2 Å². The zero-order valence-electron chi connectivity index (χ0n) is 14.9. The van der Waals surface area contributed by atoms with Gasteiger partial charge < -0.3 is 19.4 Å². The molecule has 1 heterocycles. The van der Waals surface area contributed by atoms with Gasteiger partial charge >= 0.3 is 12.6 Å². The van der Waals surface area contributed by atoms with Crippen molar-refractivity contribution in [2.75, 3.05) is 19.6 Å². The Kier molecular flexibility index (Phi) is 5.80. The molecule has 0 aromatic heterocycles. The van der Waals surface area contributed by atoms with E-state index in [0.717, 1.165) is 19.3 Å². The maximum Gasteiger partial charge on any atom is 0.387 e. The van der Waals surface area contributed by atoms with E-state index >= 15 is 0 Å². The third kappa shape index (κ3) is 4.48. The first kappa shape index (κ1) is 19.4. The molecular formula is C19H22F2N2O4. The summed E-state index contributed by atoms with van der Waals surface area (Å²) in [4.78, 5) is 16.5. The molecule has 6 nitrogen and oxygen atoms in total. The highest BCUT2D eigenvalue weighted by molar-refractivity contribution is 5.69. The smallest absolute Gasteiger partial charge is 0.387 e. The summed E-state index contributed by atoms with van der Waals surface area (Å²) in [6.07, 6.45) is 3.72. The number of carbonyl (C=O) groups is 1. The number of aliphatic carboxylic acids is 1. The van der Waals surface area contributed by atoms with Crippen molar-refractivity contribution in [2.45, 2.75) is 50.4 Å². The molecule has 1 aromatic rings. The number of hydrogen-bond donors (Lipinski definition) is 1. The molecule has 8 heteroatoms. The van der Waals surface area contributed by atoms with Gasteiger partial charge in [-0.15, -0.1) is 0 Å². The van der Waals surface area contributed by atoms with Crippen LogP contribution in [-0.4, -0.2) is 48.3 Å². The first-order chi connectivity index (χ1) is 12.9. The van der Waals surface area contributed by atoms with E-state index in [-0.39, 0.29) is 24.1 Å². The molecule has 0 unspecified atom stereocenters. The number of piperidine rings is 1. The molecule has 1 N–H and O–H groups in total. The van der Waals surface area contributed by atoms with E-state index < -0.39 is 18.1 Å². The SMILES string of the molecule is [C-]#[N+]C1(c2ccc(OC(F)F)c(OC3CCC3)c2)CCN(CC(=O)O)CC1. The molecule has 1 saturated heterocycles. The van der Waals surface area contributed by atoms with E-state index in [1.807, 2.05) is 0 Å². The highest BCUT2D eigenvalue weighted by atomic mass is 19.3. The standard InChI is InChI=1S/C19H22F2N2O4/c1-22-19(7-9-23(10-8-19)12-17(24)25)13-5-6-15(27-18(20)21)16(11-13)26-14-3-2-4-14/h5-6,11,14,18H,2-4,7-10,12H2,(H,24,25). The van der Waals surface area contributed by atoms with Crippen LogP contribution in [0.2, 0.25) is 0 Å². The average Bonchev–Trinajstić information content (AvgIpc) is 2.59. The minimum atomic E-state index is -2.95. The topological polar surface area (TPSA) is 63.4 Å². The van der Waals surface area contributed by atoms with Crippen LogP contribution in [0.4, 0.5) is 8.78 Å². The van der Waals surface area contributed by atoms with Crippen LogP contribution < -0.4 is 9.47 Å². The van der Waals surface area contributed by atoms with Crippen LogP contribution in [0.1, 0.15) is 37.7 Å². The lowest BCUT2D eigenvalue weighted by Gasteiger charge is -2.34. The normalized spacial score (nSPS) is 19.9. The molecular weight excluding hydrogens is 358 g/mol. The molecule has 146 valence electrons. The van der Waals surface area contributed by atoms with Gasteiger partial charge in [0.05, 0.1) is 12.6 Å². The number of alkyl halides is 2. The Hall–Kier alpha value is -2.40. The summed E-state index contributed by atoms with van der Waals surface area (Å²) in [5.74, 6) is -0.674. The molecule has 27 heavy (non-hydrogen) atoms. The number of likely N-dealkylation sites (tertiary alicyclic amines) is 1. The predicted octanol–water partition coefficient (Wildman–Crippen LogP) is 3.51. The highest BCUT2D eigenvalue weighted by Gasteiger charge is 2.43. The highest BCUT2D eigenvalue weighted by Crippen LogP contribution is 2.42. The third-order valence-electron chi connectivity index (χ3n) is 5.30. The van der Waals surface area contributed by atoms with Gasteiger partial charge in [-0.2, -0.15) is 8.78 Å². The molecule has 1 aliphatic carbocycles. The Morgan fingerprint density at radius 2 is 2.04 bits per heavy atom. The average molecular weight is 380 g/mol. The third-order valence-corrected chi connectivity index (χ3v) is 5.30. The fourth-order valence-electron chi connectivity index (χ4n) is 3.49. The van der Waals surface area contributed by atoms with E-state index in [1.54, 1.807) is 17.0 Å².